The van der Waals surface area contributed by atoms with Gasteiger partial charge in [0, 0.05) is 25.2 Å². The molecule has 1 aromatic heterocycles. The Hall–Kier alpha value is -2.05. The third kappa shape index (κ3) is 4.15. The lowest BCUT2D eigenvalue weighted by Gasteiger charge is -2.41. The first-order valence-corrected chi connectivity index (χ1v) is 12.6. The number of aromatic nitrogens is 2. The van der Waals surface area contributed by atoms with E-state index in [4.69, 9.17) is 20.4 Å². The second-order valence-electron chi connectivity index (χ2n) is 11.6. The molecule has 1 amide bonds. The highest BCUT2D eigenvalue weighted by molar-refractivity contribution is 5.69. The van der Waals surface area contributed by atoms with Crippen molar-refractivity contribution in [2.75, 3.05) is 30.3 Å². The van der Waals surface area contributed by atoms with Crippen molar-refractivity contribution in [3.8, 4) is 0 Å². The van der Waals surface area contributed by atoms with E-state index < -0.39 is 5.60 Å². The number of likely N-dealkylation sites (tertiary alicyclic amines) is 1. The summed E-state index contributed by atoms with van der Waals surface area (Å²) in [7, 11) is 0. The van der Waals surface area contributed by atoms with Gasteiger partial charge in [-0.15, -0.1) is 0 Å². The van der Waals surface area contributed by atoms with Gasteiger partial charge in [-0.05, 0) is 77.0 Å². The molecule has 2 N–H and O–H groups in total. The Labute approximate surface area is 192 Å². The van der Waals surface area contributed by atoms with E-state index in [1.54, 1.807) is 0 Å². The van der Waals surface area contributed by atoms with Crippen LogP contribution < -0.4 is 10.6 Å². The molecule has 176 valence electrons. The van der Waals surface area contributed by atoms with Crippen LogP contribution in [0.4, 0.5) is 16.6 Å². The molecule has 2 aliphatic heterocycles. The summed E-state index contributed by atoms with van der Waals surface area (Å²) in [5.41, 5.74) is 8.66. The largest absolute Gasteiger partial charge is 0.444 e. The zero-order valence-corrected chi connectivity index (χ0v) is 20.0. The molecule has 2 atom stereocenters. The molecule has 2 saturated heterocycles. The first-order valence-electron chi connectivity index (χ1n) is 12.6. The average Bonchev–Trinajstić information content (AvgIpc) is 3.16. The molecule has 3 fully saturated rings. The smallest absolute Gasteiger partial charge is 0.410 e. The number of piperidine rings is 1. The number of hydrogen-bond donors (Lipinski definition) is 1. The van der Waals surface area contributed by atoms with E-state index in [-0.39, 0.29) is 12.1 Å². The predicted octanol–water partition coefficient (Wildman–Crippen LogP) is 4.33. The van der Waals surface area contributed by atoms with E-state index in [1.165, 1.54) is 49.8 Å². The average molecular weight is 442 g/mol. The number of amides is 1. The van der Waals surface area contributed by atoms with E-state index in [0.717, 1.165) is 51.1 Å². The minimum atomic E-state index is -0.475. The van der Waals surface area contributed by atoms with E-state index in [1.807, 2.05) is 25.7 Å². The van der Waals surface area contributed by atoms with E-state index in [2.05, 4.69) is 4.90 Å². The quantitative estimate of drug-likeness (QED) is 0.698. The van der Waals surface area contributed by atoms with Crippen LogP contribution in [0.3, 0.4) is 0 Å². The maximum Gasteiger partial charge on any atom is 0.410 e. The van der Waals surface area contributed by atoms with Gasteiger partial charge in [0.15, 0.2) is 0 Å². The molecule has 1 aromatic rings. The Morgan fingerprint density at radius 3 is 2.62 bits per heavy atom. The summed E-state index contributed by atoms with van der Waals surface area (Å²) in [5, 5.41) is 0. The van der Waals surface area contributed by atoms with Crippen molar-refractivity contribution in [3.05, 3.63) is 11.3 Å². The van der Waals surface area contributed by atoms with Crippen molar-refractivity contribution in [1.29, 1.82) is 0 Å². The Balaban J connectivity index is 1.38. The predicted molar refractivity (Wildman–Crippen MR) is 126 cm³/mol. The van der Waals surface area contributed by atoms with Crippen LogP contribution >= 0.6 is 0 Å². The lowest BCUT2D eigenvalue weighted by Crippen LogP contribution is -2.50. The number of fused-ring (bicyclic) bond motifs is 2. The Morgan fingerprint density at radius 2 is 1.88 bits per heavy atom. The van der Waals surface area contributed by atoms with Crippen molar-refractivity contribution >= 4 is 17.9 Å². The number of nitrogens with zero attached hydrogens (tertiary/aromatic N) is 4. The van der Waals surface area contributed by atoms with Gasteiger partial charge in [-0.2, -0.15) is 4.98 Å². The number of carbonyl (C=O) groups is 1. The van der Waals surface area contributed by atoms with Gasteiger partial charge in [-0.1, -0.05) is 19.3 Å². The number of ether oxygens (including phenoxy) is 1. The molecule has 7 heteroatoms. The summed E-state index contributed by atoms with van der Waals surface area (Å²) < 4.78 is 5.72. The molecule has 0 unspecified atom stereocenters. The first-order chi connectivity index (χ1) is 15.2. The maximum absolute atomic E-state index is 12.9. The standard InChI is InChI=1S/C25H39N5O2/c1-24(2,3)32-23(31)30-13-7-8-17-15-29(16-20(17)30)21-18-9-12-25(10-5-4-6-11-25)14-19(18)27-22(26)28-21/h17,20H,4-16H2,1-3H3,(H2,26,27,28)/t17-,20+/m1/s1. The van der Waals surface area contributed by atoms with Gasteiger partial charge in [0.05, 0.1) is 11.7 Å². The molecule has 4 aliphatic rings. The zero-order chi connectivity index (χ0) is 22.5. The second-order valence-corrected chi connectivity index (χ2v) is 11.6. The summed E-state index contributed by atoms with van der Waals surface area (Å²) in [6.45, 7) is 8.30. The fraction of sp³-hybridized carbons (Fsp3) is 0.800. The molecular formula is C25H39N5O2. The molecule has 1 saturated carbocycles. The topological polar surface area (TPSA) is 84.6 Å². The lowest BCUT2D eigenvalue weighted by molar-refractivity contribution is 0.00669. The molecule has 0 radical (unpaired) electrons. The Bertz CT molecular complexity index is 874. The summed E-state index contributed by atoms with van der Waals surface area (Å²) in [5.74, 6) is 1.87. The van der Waals surface area contributed by atoms with E-state index >= 15 is 0 Å². The molecule has 5 rings (SSSR count). The third-order valence-electron chi connectivity index (χ3n) is 8.16. The summed E-state index contributed by atoms with van der Waals surface area (Å²) >= 11 is 0. The minimum absolute atomic E-state index is 0.179. The van der Waals surface area contributed by atoms with Crippen LogP contribution in [0, 0.1) is 11.3 Å². The van der Waals surface area contributed by atoms with Crippen molar-refractivity contribution in [1.82, 2.24) is 14.9 Å². The first kappa shape index (κ1) is 21.8. The normalized spacial score (nSPS) is 27.2. The van der Waals surface area contributed by atoms with Crippen molar-refractivity contribution in [2.45, 2.75) is 96.6 Å². The molecule has 1 spiro atoms. The fourth-order valence-electron chi connectivity index (χ4n) is 6.66. The van der Waals surface area contributed by atoms with E-state index in [9.17, 15) is 4.79 Å². The SMILES string of the molecule is CC(C)(C)OC(=O)N1CCC[C@@H]2CN(c3nc(N)nc4c3CCC3(CCCCC3)C4)C[C@@H]21. The van der Waals surface area contributed by atoms with Gasteiger partial charge < -0.3 is 20.3 Å². The molecule has 0 aromatic carbocycles. The summed E-state index contributed by atoms with van der Waals surface area (Å²) in [4.78, 5) is 26.7. The number of anilines is 2. The van der Waals surface area contributed by atoms with Gasteiger partial charge in [-0.25, -0.2) is 9.78 Å². The van der Waals surface area contributed by atoms with Gasteiger partial charge in [0.1, 0.15) is 11.4 Å². The van der Waals surface area contributed by atoms with Crippen LogP contribution in [0.5, 0.6) is 0 Å². The number of nitrogens with two attached hydrogens (primary N) is 1. The lowest BCUT2D eigenvalue weighted by atomic mass is 9.65. The van der Waals surface area contributed by atoms with Crippen molar-refractivity contribution < 1.29 is 9.53 Å². The molecule has 0 bridgehead atoms. The number of carbonyl (C=O) groups excluding carboxylic acids is 1. The Kier molecular flexibility index (Phi) is 5.49. The summed E-state index contributed by atoms with van der Waals surface area (Å²) in [6, 6.07) is 0.179. The highest BCUT2D eigenvalue weighted by Gasteiger charge is 2.44. The van der Waals surface area contributed by atoms with Gasteiger partial charge >= 0.3 is 6.09 Å². The highest BCUT2D eigenvalue weighted by Crippen LogP contribution is 2.47. The molecule has 7 nitrogen and oxygen atoms in total. The van der Waals surface area contributed by atoms with E-state index in [0.29, 0.717) is 17.3 Å². The van der Waals surface area contributed by atoms with Crippen LogP contribution in [0.1, 0.15) is 83.4 Å². The highest BCUT2D eigenvalue weighted by atomic mass is 16.6. The number of rotatable bonds is 1. The third-order valence-corrected chi connectivity index (χ3v) is 8.16. The van der Waals surface area contributed by atoms with Crippen LogP contribution in [-0.4, -0.2) is 52.2 Å². The van der Waals surface area contributed by atoms with Crippen molar-refractivity contribution in [2.24, 2.45) is 11.3 Å². The van der Waals surface area contributed by atoms with Gasteiger partial charge in [0.25, 0.3) is 0 Å². The molecular weight excluding hydrogens is 402 g/mol. The maximum atomic E-state index is 12.9. The van der Waals surface area contributed by atoms with Crippen LogP contribution in [-0.2, 0) is 17.6 Å². The fourth-order valence-corrected chi connectivity index (χ4v) is 6.66. The Morgan fingerprint density at radius 1 is 1.09 bits per heavy atom. The molecule has 32 heavy (non-hydrogen) atoms. The van der Waals surface area contributed by atoms with Crippen LogP contribution in [0.25, 0.3) is 0 Å². The van der Waals surface area contributed by atoms with Crippen LogP contribution in [0.2, 0.25) is 0 Å². The van der Waals surface area contributed by atoms with Gasteiger partial charge in [0.2, 0.25) is 5.95 Å². The second kappa shape index (κ2) is 8.07. The molecule has 3 heterocycles. The monoisotopic (exact) mass is 441 g/mol. The van der Waals surface area contributed by atoms with Gasteiger partial charge in [-0.3, -0.25) is 0 Å². The molecule has 2 aliphatic carbocycles. The van der Waals surface area contributed by atoms with Crippen LogP contribution in [0.15, 0.2) is 0 Å². The zero-order valence-electron chi connectivity index (χ0n) is 20.0. The number of hydrogen-bond acceptors (Lipinski definition) is 6. The van der Waals surface area contributed by atoms with Crippen molar-refractivity contribution in [3.63, 3.8) is 0 Å². The minimum Gasteiger partial charge on any atom is -0.444 e. The summed E-state index contributed by atoms with van der Waals surface area (Å²) in [6.07, 6.45) is 12.0. The number of nitrogen functional groups attached to an aromatic ring is 1.